The van der Waals surface area contributed by atoms with Crippen molar-refractivity contribution in [1.82, 2.24) is 10.3 Å². The van der Waals surface area contributed by atoms with Crippen LogP contribution in [0.2, 0.25) is 0 Å². The van der Waals surface area contributed by atoms with Crippen molar-refractivity contribution in [2.45, 2.75) is 19.1 Å². The first kappa shape index (κ1) is 36.0. The molecule has 0 heterocycles. The van der Waals surface area contributed by atoms with Gasteiger partial charge in [0.2, 0.25) is 0 Å². The Morgan fingerprint density at radius 2 is 1.64 bits per heavy atom. The van der Waals surface area contributed by atoms with Crippen molar-refractivity contribution in [3.63, 3.8) is 0 Å². The van der Waals surface area contributed by atoms with Crippen molar-refractivity contribution in [3.8, 4) is 17.2 Å². The minimum Gasteiger partial charge on any atom is -0.495 e. The summed E-state index contributed by atoms with van der Waals surface area (Å²) in [5.74, 6) is -1.38. The first-order valence-electron chi connectivity index (χ1n) is 13.5. The van der Waals surface area contributed by atoms with E-state index in [1.807, 2.05) is 50.2 Å². The van der Waals surface area contributed by atoms with Crippen LogP contribution in [0.5, 0.6) is 17.2 Å². The van der Waals surface area contributed by atoms with Gasteiger partial charge in [-0.3, -0.25) is 21.1 Å². The van der Waals surface area contributed by atoms with Gasteiger partial charge in [0.05, 0.1) is 19.4 Å². The number of rotatable bonds is 14. The van der Waals surface area contributed by atoms with E-state index in [-0.39, 0.29) is 11.7 Å². The molecule has 0 aromatic heterocycles. The van der Waals surface area contributed by atoms with Gasteiger partial charge in [0.1, 0.15) is 24.2 Å². The van der Waals surface area contributed by atoms with Crippen LogP contribution in [0.1, 0.15) is 24.1 Å². The van der Waals surface area contributed by atoms with Crippen LogP contribution in [0.25, 0.3) is 0 Å². The maximum Gasteiger partial charge on any atom is 0.490 e. The van der Waals surface area contributed by atoms with Crippen LogP contribution in [0.3, 0.4) is 0 Å². The van der Waals surface area contributed by atoms with Crippen molar-refractivity contribution < 1.29 is 42.1 Å². The van der Waals surface area contributed by atoms with Crippen molar-refractivity contribution in [3.05, 3.63) is 77.9 Å². The van der Waals surface area contributed by atoms with Crippen LogP contribution < -0.4 is 36.1 Å². The van der Waals surface area contributed by atoms with Gasteiger partial charge in [-0.1, -0.05) is 18.2 Å². The maximum absolute atomic E-state index is 13.5. The van der Waals surface area contributed by atoms with E-state index in [0.717, 1.165) is 6.54 Å². The van der Waals surface area contributed by atoms with Crippen LogP contribution in [-0.4, -0.2) is 74.9 Å². The number of amidine groups is 1. The van der Waals surface area contributed by atoms with Crippen LogP contribution in [0.15, 0.2) is 66.7 Å². The fourth-order valence-electron chi connectivity index (χ4n) is 3.59. The second-order valence-corrected chi connectivity index (χ2v) is 9.48. The number of nitrogen functional groups attached to an aromatic ring is 1. The first-order valence-corrected chi connectivity index (χ1v) is 13.5. The van der Waals surface area contributed by atoms with Crippen molar-refractivity contribution in [2.75, 3.05) is 51.7 Å². The minimum absolute atomic E-state index is 0.0296. The third-order valence-corrected chi connectivity index (χ3v) is 5.84. The van der Waals surface area contributed by atoms with Crippen molar-refractivity contribution >= 4 is 29.1 Å². The van der Waals surface area contributed by atoms with Crippen LogP contribution in [0.4, 0.5) is 24.5 Å². The molecule has 244 valence electrons. The normalized spacial score (nSPS) is 11.4. The summed E-state index contributed by atoms with van der Waals surface area (Å²) in [5.41, 5.74) is 13.9. The molecule has 0 fully saturated rings. The third kappa shape index (κ3) is 11.8. The van der Waals surface area contributed by atoms with Gasteiger partial charge < -0.3 is 35.3 Å². The zero-order chi connectivity index (χ0) is 33.6. The zero-order valence-corrected chi connectivity index (χ0v) is 25.2. The number of hydrogen-bond donors (Lipinski definition) is 6. The smallest absolute Gasteiger partial charge is 0.490 e. The highest BCUT2D eigenvalue weighted by molar-refractivity contribution is 5.95. The molecule has 15 heteroatoms. The molecule has 1 amide bonds. The molecule has 0 radical (unpaired) electrons. The molecule has 1 atom stereocenters. The lowest BCUT2D eigenvalue weighted by molar-refractivity contribution is -0.192. The van der Waals surface area contributed by atoms with Crippen LogP contribution >= 0.6 is 0 Å². The molecule has 12 nitrogen and oxygen atoms in total. The number of carboxylic acid groups (broad SMARTS) is 1. The number of alkyl halides is 3. The molecule has 0 aliphatic heterocycles. The first-order chi connectivity index (χ1) is 21.3. The number of benzene rings is 3. The Labute approximate surface area is 258 Å². The van der Waals surface area contributed by atoms with E-state index in [2.05, 4.69) is 16.2 Å². The summed E-state index contributed by atoms with van der Waals surface area (Å²) >= 11 is 0. The summed E-state index contributed by atoms with van der Waals surface area (Å²) in [6, 6.07) is 18.9. The van der Waals surface area contributed by atoms with Gasteiger partial charge in [0.25, 0.3) is 5.91 Å². The van der Waals surface area contributed by atoms with E-state index in [9.17, 15) is 18.0 Å². The number of nitrogens with zero attached hydrogens (tertiary/aromatic N) is 1. The third-order valence-electron chi connectivity index (χ3n) is 5.84. The summed E-state index contributed by atoms with van der Waals surface area (Å²) in [5, 5.41) is 18.0. The number of carbonyl (C=O) groups excluding carboxylic acids is 1. The number of anilines is 2. The molecule has 1 unspecified atom stereocenters. The molecule has 3 rings (SSSR count). The molecule has 0 aliphatic rings. The number of amides is 1. The van der Waals surface area contributed by atoms with Crippen molar-refractivity contribution in [2.24, 2.45) is 5.73 Å². The Balaban J connectivity index is 0.000000900. The fraction of sp³-hybridized carbons (Fsp3) is 0.300. The number of halogens is 3. The Hall–Kier alpha value is -5.18. The number of nitrogens with two attached hydrogens (primary N) is 1. The maximum atomic E-state index is 13.5. The quantitative estimate of drug-likeness (QED) is 0.0856. The lowest BCUT2D eigenvalue weighted by Gasteiger charge is -2.22. The van der Waals surface area contributed by atoms with E-state index in [1.165, 1.54) is 0 Å². The number of carboxylic acids is 1. The second kappa shape index (κ2) is 17.2. The largest absolute Gasteiger partial charge is 0.495 e. The van der Waals surface area contributed by atoms with Gasteiger partial charge >= 0.3 is 12.1 Å². The molecule has 0 bridgehead atoms. The summed E-state index contributed by atoms with van der Waals surface area (Å²) in [6.07, 6.45) is -5.08. The Morgan fingerprint density at radius 1 is 1.00 bits per heavy atom. The minimum atomic E-state index is -5.08. The van der Waals surface area contributed by atoms with E-state index in [0.29, 0.717) is 53.0 Å². The highest BCUT2D eigenvalue weighted by atomic mass is 19.4. The van der Waals surface area contributed by atoms with Crippen molar-refractivity contribution in [1.29, 1.82) is 5.41 Å². The summed E-state index contributed by atoms with van der Waals surface area (Å²) in [7, 11) is 5.52. The summed E-state index contributed by atoms with van der Waals surface area (Å²) in [4.78, 5) is 24.4. The van der Waals surface area contributed by atoms with Gasteiger partial charge in [-0.15, -0.1) is 0 Å². The predicted molar refractivity (Wildman–Crippen MR) is 164 cm³/mol. The fourth-order valence-corrected chi connectivity index (χ4v) is 3.59. The van der Waals surface area contributed by atoms with Gasteiger partial charge in [-0.25, -0.2) is 4.79 Å². The molecule has 45 heavy (non-hydrogen) atoms. The number of carbonyl (C=O) groups is 2. The molecule has 0 saturated carbocycles. The molecule has 7 N–H and O–H groups in total. The summed E-state index contributed by atoms with van der Waals surface area (Å²) < 4.78 is 48.9. The SMILES string of the molecule is CCOc1cc(C(Nc2ccc(C(=N)N)cc2)C(=O)NNc2ccccc2OC)ccc1OCCN(C)C.O=C(O)C(F)(F)F. The van der Waals surface area contributed by atoms with E-state index in [1.54, 1.807) is 49.6 Å². The second-order valence-electron chi connectivity index (χ2n) is 9.48. The Bertz CT molecular complexity index is 1420. The molecule has 0 spiro atoms. The average Bonchev–Trinajstić information content (AvgIpc) is 2.99. The van der Waals surface area contributed by atoms with Gasteiger partial charge in [0.15, 0.2) is 11.5 Å². The monoisotopic (exact) mass is 634 g/mol. The Morgan fingerprint density at radius 3 is 2.20 bits per heavy atom. The van der Waals surface area contributed by atoms with Crippen LogP contribution in [0, 0.1) is 5.41 Å². The number of aliphatic carboxylic acids is 1. The average molecular weight is 635 g/mol. The van der Waals surface area contributed by atoms with Crippen LogP contribution in [-0.2, 0) is 9.59 Å². The molecular weight excluding hydrogens is 597 g/mol. The highest BCUT2D eigenvalue weighted by Crippen LogP contribution is 2.32. The van der Waals surface area contributed by atoms with Gasteiger partial charge in [-0.2, -0.15) is 13.2 Å². The number of nitrogens with one attached hydrogen (secondary N) is 4. The molecule has 3 aromatic carbocycles. The number of hydrazine groups is 1. The van der Waals surface area contributed by atoms with E-state index in [4.69, 9.17) is 35.3 Å². The molecule has 3 aromatic rings. The summed E-state index contributed by atoms with van der Waals surface area (Å²) in [6.45, 7) is 3.59. The molecular formula is C30H37F3N6O6. The number of methoxy groups -OCH3 is 1. The Kier molecular flexibility index (Phi) is 13.8. The molecule has 0 aliphatic carbocycles. The number of ether oxygens (including phenoxy) is 3. The lowest BCUT2D eigenvalue weighted by Crippen LogP contribution is -2.37. The zero-order valence-electron chi connectivity index (χ0n) is 25.2. The standard InChI is InChI=1S/C28H36N6O4.C2HF3O2/c1-5-37-25-18-20(12-15-24(25)38-17-16-34(2)3)26(31-21-13-10-19(11-14-21)27(29)30)28(35)33-32-22-8-6-7-9-23(22)36-4;3-2(4,5)1(6)7/h6-15,18,26,31-32H,5,16-17H2,1-4H3,(H3,29,30)(H,33,35);(H,6,7). The van der Waals surface area contributed by atoms with E-state index < -0.39 is 18.2 Å². The molecule has 0 saturated heterocycles. The highest BCUT2D eigenvalue weighted by Gasteiger charge is 2.38. The van der Waals surface area contributed by atoms with Gasteiger partial charge in [0, 0.05) is 17.8 Å². The van der Waals surface area contributed by atoms with E-state index >= 15 is 0 Å². The number of likely N-dealkylation sites (N-methyl/N-ethyl adjacent to an activating group) is 1. The topological polar surface area (TPSA) is 171 Å². The number of hydrogen-bond acceptors (Lipinski definition) is 9. The van der Waals surface area contributed by atoms with Gasteiger partial charge in [-0.05, 0) is 75.1 Å². The lowest BCUT2D eigenvalue weighted by atomic mass is 10.0. The number of para-hydroxylation sites is 2. The predicted octanol–water partition coefficient (Wildman–Crippen LogP) is 4.25.